The van der Waals surface area contributed by atoms with Gasteiger partial charge >= 0.3 is 5.97 Å². The van der Waals surface area contributed by atoms with Gasteiger partial charge in [0.1, 0.15) is 16.8 Å². The number of ether oxygens (including phenoxy) is 1. The molecule has 2 amide bonds. The van der Waals surface area contributed by atoms with Gasteiger partial charge in [0.05, 0.1) is 0 Å². The summed E-state index contributed by atoms with van der Waals surface area (Å²) < 4.78 is 6.24. The summed E-state index contributed by atoms with van der Waals surface area (Å²) in [5, 5.41) is -0.225. The zero-order valence-electron chi connectivity index (χ0n) is 21.4. The molecule has 0 aromatic heterocycles. The number of benzene rings is 3. The summed E-state index contributed by atoms with van der Waals surface area (Å²) in [4.78, 5) is 43.2. The number of anilines is 1. The van der Waals surface area contributed by atoms with Gasteiger partial charge < -0.3 is 9.64 Å². The van der Waals surface area contributed by atoms with Crippen LogP contribution in [0.1, 0.15) is 31.1 Å². The summed E-state index contributed by atoms with van der Waals surface area (Å²) in [5.74, 6) is -0.279. The molecule has 3 aromatic rings. The second-order valence-corrected chi connectivity index (χ2v) is 10.7. The number of hydrogen-bond acceptors (Lipinski definition) is 5. The van der Waals surface area contributed by atoms with E-state index in [2.05, 4.69) is 0 Å². The molecule has 7 heteroatoms. The highest BCUT2D eigenvalue weighted by Gasteiger charge is 2.59. The number of nitrogens with zero attached hydrogens (tertiary/aromatic N) is 2. The number of allylic oxidation sites excluding steroid dienone is 1. The number of para-hydroxylation sites is 1. The van der Waals surface area contributed by atoms with Crippen molar-refractivity contribution in [3.63, 3.8) is 0 Å². The molecule has 2 unspecified atom stereocenters. The van der Waals surface area contributed by atoms with Crippen molar-refractivity contribution in [2.45, 2.75) is 31.4 Å². The summed E-state index contributed by atoms with van der Waals surface area (Å²) in [7, 11) is 0. The first kappa shape index (κ1) is 25.8. The monoisotopic (exact) mass is 526 g/mol. The van der Waals surface area contributed by atoms with Crippen LogP contribution in [0.5, 0.6) is 0 Å². The quantitative estimate of drug-likeness (QED) is 0.240. The average molecular weight is 527 g/mol. The van der Waals surface area contributed by atoms with E-state index in [1.165, 1.54) is 18.7 Å². The number of amides is 2. The highest BCUT2D eigenvalue weighted by Crippen LogP contribution is 2.46. The molecule has 5 rings (SSSR count). The minimum Gasteiger partial charge on any atom is -0.452 e. The summed E-state index contributed by atoms with van der Waals surface area (Å²) in [6.07, 6.45) is 3.13. The van der Waals surface area contributed by atoms with Crippen LogP contribution < -0.4 is 4.90 Å². The Labute approximate surface area is 227 Å². The number of fused-ring (bicyclic) bond motifs is 1. The van der Waals surface area contributed by atoms with E-state index in [1.54, 1.807) is 9.80 Å². The SMILES string of the molecule is CC=CC1(C(=O)OC(c2ccccc2)c2ccccc2)CS[C@@H]2C(N(C(C)=O)c3ccccc3)C(=O)N2C1. The van der Waals surface area contributed by atoms with Crippen molar-refractivity contribution < 1.29 is 19.1 Å². The fraction of sp³-hybridized carbons (Fsp3) is 0.258. The van der Waals surface area contributed by atoms with Crippen molar-refractivity contribution in [1.82, 2.24) is 4.90 Å². The molecular weight excluding hydrogens is 496 g/mol. The first-order chi connectivity index (χ1) is 18.4. The van der Waals surface area contributed by atoms with Crippen molar-refractivity contribution in [2.75, 3.05) is 17.2 Å². The van der Waals surface area contributed by atoms with Gasteiger partial charge in [-0.2, -0.15) is 0 Å². The zero-order chi connectivity index (χ0) is 26.7. The van der Waals surface area contributed by atoms with Gasteiger partial charge in [-0.3, -0.25) is 19.3 Å². The number of thioether (sulfide) groups is 1. The van der Waals surface area contributed by atoms with Crippen LogP contribution in [0.4, 0.5) is 5.69 Å². The Balaban J connectivity index is 1.39. The summed E-state index contributed by atoms with van der Waals surface area (Å²) in [5.41, 5.74) is 1.46. The molecule has 38 heavy (non-hydrogen) atoms. The molecule has 0 bridgehead atoms. The van der Waals surface area contributed by atoms with E-state index in [9.17, 15) is 14.4 Å². The highest BCUT2D eigenvalue weighted by molar-refractivity contribution is 8.00. The molecule has 2 heterocycles. The number of rotatable bonds is 7. The van der Waals surface area contributed by atoms with Gasteiger partial charge in [-0.1, -0.05) is 91.0 Å². The minimum atomic E-state index is -0.994. The molecule has 3 aromatic carbocycles. The molecule has 2 fully saturated rings. The number of β-lactam (4-membered cyclic amide) rings is 1. The van der Waals surface area contributed by atoms with Gasteiger partial charge in [-0.15, -0.1) is 11.8 Å². The predicted molar refractivity (Wildman–Crippen MR) is 149 cm³/mol. The minimum absolute atomic E-state index is 0.161. The molecule has 0 saturated carbocycles. The average Bonchev–Trinajstić information content (AvgIpc) is 2.95. The van der Waals surface area contributed by atoms with Crippen molar-refractivity contribution >= 4 is 35.2 Å². The number of hydrogen-bond donors (Lipinski definition) is 0. The topological polar surface area (TPSA) is 66.9 Å². The lowest BCUT2D eigenvalue weighted by Crippen LogP contribution is -2.74. The van der Waals surface area contributed by atoms with E-state index in [1.807, 2.05) is 110 Å². The Morgan fingerprint density at radius 3 is 2.05 bits per heavy atom. The lowest BCUT2D eigenvalue weighted by molar-refractivity contribution is -0.161. The number of carbonyl (C=O) groups excluding carboxylic acids is 3. The normalized spacial score (nSPS) is 22.6. The van der Waals surface area contributed by atoms with Crippen LogP contribution in [-0.4, -0.2) is 46.4 Å². The predicted octanol–water partition coefficient (Wildman–Crippen LogP) is 5.22. The Kier molecular flexibility index (Phi) is 7.38. The molecule has 2 aliphatic rings. The van der Waals surface area contributed by atoms with Crippen molar-refractivity contribution in [3.8, 4) is 0 Å². The summed E-state index contributed by atoms with van der Waals surface area (Å²) in [6.45, 7) is 3.55. The highest BCUT2D eigenvalue weighted by atomic mass is 32.2. The van der Waals surface area contributed by atoms with Crippen LogP contribution in [0, 0.1) is 5.41 Å². The molecule has 2 aliphatic heterocycles. The molecule has 0 radical (unpaired) electrons. The second-order valence-electron chi connectivity index (χ2n) is 9.60. The van der Waals surface area contributed by atoms with Gasteiger partial charge in [-0.05, 0) is 30.2 Å². The maximum Gasteiger partial charge on any atom is 0.319 e. The van der Waals surface area contributed by atoms with Crippen molar-refractivity contribution in [2.24, 2.45) is 5.41 Å². The third-order valence-electron chi connectivity index (χ3n) is 7.05. The van der Waals surface area contributed by atoms with Gasteiger partial charge in [0.15, 0.2) is 6.10 Å². The summed E-state index contributed by atoms with van der Waals surface area (Å²) >= 11 is 1.52. The third-order valence-corrected chi connectivity index (χ3v) is 8.59. The smallest absolute Gasteiger partial charge is 0.319 e. The molecule has 6 nitrogen and oxygen atoms in total. The standard InChI is InChI=1S/C31H30N2O4S/c1-3-19-31(30(36)37-27(23-13-7-4-8-14-23)24-15-9-5-10-16-24)20-32-28(35)26(29(32)38-21-31)33(22(2)34)25-17-11-6-12-18-25/h3-19,26-27,29H,20-21H2,1-2H3/t26?,29-,31?/m1/s1. The molecule has 0 spiro atoms. The van der Waals surface area contributed by atoms with Crippen molar-refractivity contribution in [1.29, 1.82) is 0 Å². The molecule has 3 atom stereocenters. The first-order valence-electron chi connectivity index (χ1n) is 12.7. The first-order valence-corrected chi connectivity index (χ1v) is 13.7. The van der Waals surface area contributed by atoms with E-state index in [0.29, 0.717) is 11.4 Å². The van der Waals surface area contributed by atoms with Gasteiger partial charge in [0.2, 0.25) is 11.8 Å². The maximum atomic E-state index is 13.9. The van der Waals surface area contributed by atoms with Crippen LogP contribution in [0.3, 0.4) is 0 Å². The lowest BCUT2D eigenvalue weighted by Gasteiger charge is -2.56. The molecule has 194 valence electrons. The second kappa shape index (κ2) is 10.9. The Morgan fingerprint density at radius 1 is 0.974 bits per heavy atom. The molecule has 2 saturated heterocycles. The maximum absolute atomic E-state index is 13.9. The zero-order valence-corrected chi connectivity index (χ0v) is 22.2. The summed E-state index contributed by atoms with van der Waals surface area (Å²) in [6, 6.07) is 28.0. The Morgan fingerprint density at radius 2 is 1.53 bits per heavy atom. The van der Waals surface area contributed by atoms with E-state index >= 15 is 0 Å². The van der Waals surface area contributed by atoms with E-state index < -0.39 is 17.6 Å². The fourth-order valence-corrected chi connectivity index (χ4v) is 6.78. The molecule has 0 aliphatic carbocycles. The van der Waals surface area contributed by atoms with E-state index in [4.69, 9.17) is 4.74 Å². The lowest BCUT2D eigenvalue weighted by atomic mass is 9.86. The van der Waals surface area contributed by atoms with E-state index in [-0.39, 0.29) is 29.7 Å². The van der Waals surface area contributed by atoms with Gasteiger partial charge in [0, 0.05) is 24.9 Å². The van der Waals surface area contributed by atoms with Crippen LogP contribution in [0.2, 0.25) is 0 Å². The van der Waals surface area contributed by atoms with Crippen molar-refractivity contribution in [3.05, 3.63) is 114 Å². The molecule has 0 N–H and O–H groups in total. The van der Waals surface area contributed by atoms with Crippen LogP contribution >= 0.6 is 11.8 Å². The Hall–Kier alpha value is -3.84. The number of esters is 1. The van der Waals surface area contributed by atoms with Crippen LogP contribution in [0.15, 0.2) is 103 Å². The number of carbonyl (C=O) groups is 3. The Bertz CT molecular complexity index is 1290. The molecular formula is C31H30N2O4S. The van der Waals surface area contributed by atoms with Gasteiger partial charge in [0.25, 0.3) is 0 Å². The largest absolute Gasteiger partial charge is 0.452 e. The third kappa shape index (κ3) is 4.74. The fourth-order valence-electron chi connectivity index (χ4n) is 5.22. The van der Waals surface area contributed by atoms with Crippen LogP contribution in [-0.2, 0) is 19.1 Å². The van der Waals surface area contributed by atoms with Crippen LogP contribution in [0.25, 0.3) is 0 Å². The van der Waals surface area contributed by atoms with E-state index in [0.717, 1.165) is 11.1 Å². The van der Waals surface area contributed by atoms with Gasteiger partial charge in [-0.25, -0.2) is 0 Å².